The highest BCUT2D eigenvalue weighted by Gasteiger charge is 2.27. The number of rotatable bonds is 9. The van der Waals surface area contributed by atoms with Crippen molar-refractivity contribution < 1.29 is 22.3 Å². The second kappa shape index (κ2) is 8.40. The molecule has 21 heavy (non-hydrogen) atoms. The van der Waals surface area contributed by atoms with Crippen LogP contribution in [0.4, 0.5) is 4.39 Å². The van der Waals surface area contributed by atoms with Crippen LogP contribution in [0.5, 0.6) is 0 Å². The van der Waals surface area contributed by atoms with Gasteiger partial charge in [-0.05, 0) is 17.7 Å². The van der Waals surface area contributed by atoms with Crippen LogP contribution < -0.4 is 5.73 Å². The Hall–Kier alpha value is -1.06. The first-order valence-corrected chi connectivity index (χ1v) is 7.88. The molecule has 0 aliphatic heterocycles. The monoisotopic (exact) mass is 320 g/mol. The Labute approximate surface area is 124 Å². The lowest BCUT2D eigenvalue weighted by atomic mass is 10.2. The Morgan fingerprint density at radius 1 is 1.19 bits per heavy atom. The van der Waals surface area contributed by atoms with Crippen molar-refractivity contribution in [3.05, 3.63) is 29.6 Å². The van der Waals surface area contributed by atoms with Crippen LogP contribution in [0.25, 0.3) is 0 Å². The van der Waals surface area contributed by atoms with E-state index in [0.717, 1.165) is 10.4 Å². The molecule has 0 fully saturated rings. The molecule has 0 aliphatic rings. The minimum Gasteiger partial charge on any atom is -0.383 e. The molecule has 0 amide bonds. The summed E-state index contributed by atoms with van der Waals surface area (Å²) < 4.78 is 50.0. The first-order chi connectivity index (χ1) is 9.97. The lowest BCUT2D eigenvalue weighted by Crippen LogP contribution is -2.37. The standard InChI is InChI=1S/C13H21FN2O4S/c1-19-7-5-16(6-8-20-2)21(17,18)13-9-11(10-15)3-4-12(13)14/h3-4,9H,5-8,10,15H2,1-2H3. The molecule has 0 spiro atoms. The number of hydrogen-bond acceptors (Lipinski definition) is 5. The third kappa shape index (κ3) is 4.72. The molecule has 0 heterocycles. The van der Waals surface area contributed by atoms with Crippen LogP contribution in [-0.4, -0.2) is 53.2 Å². The molecular formula is C13H21FN2O4S. The number of sulfonamides is 1. The molecule has 0 aliphatic carbocycles. The van der Waals surface area contributed by atoms with Crippen LogP contribution in [0, 0.1) is 5.82 Å². The molecule has 0 unspecified atom stereocenters. The highest BCUT2D eigenvalue weighted by atomic mass is 32.2. The maximum absolute atomic E-state index is 13.9. The molecule has 1 aromatic rings. The molecule has 6 nitrogen and oxygen atoms in total. The maximum Gasteiger partial charge on any atom is 0.246 e. The molecule has 1 rings (SSSR count). The van der Waals surface area contributed by atoms with Gasteiger partial charge in [-0.2, -0.15) is 4.31 Å². The van der Waals surface area contributed by atoms with Crippen molar-refractivity contribution in [2.45, 2.75) is 11.4 Å². The molecule has 0 saturated carbocycles. The van der Waals surface area contributed by atoms with Gasteiger partial charge < -0.3 is 15.2 Å². The van der Waals surface area contributed by atoms with Crippen LogP contribution >= 0.6 is 0 Å². The van der Waals surface area contributed by atoms with Gasteiger partial charge in [0.1, 0.15) is 10.7 Å². The average molecular weight is 320 g/mol. The average Bonchev–Trinajstić information content (AvgIpc) is 2.47. The molecule has 8 heteroatoms. The summed E-state index contributed by atoms with van der Waals surface area (Å²) in [6.45, 7) is 0.796. The Kier molecular flexibility index (Phi) is 7.20. The Morgan fingerprint density at radius 2 is 1.76 bits per heavy atom. The molecule has 0 saturated heterocycles. The number of benzene rings is 1. The van der Waals surface area contributed by atoms with E-state index in [-0.39, 0.29) is 37.7 Å². The number of ether oxygens (including phenoxy) is 2. The predicted octanol–water partition coefficient (Wildman–Crippen LogP) is 0.568. The molecule has 1 aromatic carbocycles. The Morgan fingerprint density at radius 3 is 2.24 bits per heavy atom. The van der Waals surface area contributed by atoms with Crippen molar-refractivity contribution in [2.24, 2.45) is 5.73 Å². The molecule has 120 valence electrons. The Balaban J connectivity index is 3.14. The van der Waals surface area contributed by atoms with Crippen LogP contribution in [0.3, 0.4) is 0 Å². The SMILES string of the molecule is COCCN(CCOC)S(=O)(=O)c1cc(CN)ccc1F. The Bertz CT molecular complexity index is 543. The van der Waals surface area contributed by atoms with E-state index in [4.69, 9.17) is 15.2 Å². The van der Waals surface area contributed by atoms with E-state index in [0.29, 0.717) is 5.56 Å². The molecule has 0 aromatic heterocycles. The normalized spacial score (nSPS) is 12.0. The van der Waals surface area contributed by atoms with Crippen molar-refractivity contribution in [1.29, 1.82) is 0 Å². The fourth-order valence-electron chi connectivity index (χ4n) is 1.75. The van der Waals surface area contributed by atoms with E-state index < -0.39 is 15.8 Å². The zero-order chi connectivity index (χ0) is 15.9. The quantitative estimate of drug-likeness (QED) is 0.719. The van der Waals surface area contributed by atoms with Crippen molar-refractivity contribution in [3.8, 4) is 0 Å². The van der Waals surface area contributed by atoms with Gasteiger partial charge >= 0.3 is 0 Å². The van der Waals surface area contributed by atoms with Crippen LogP contribution in [0.1, 0.15) is 5.56 Å². The summed E-state index contributed by atoms with van der Waals surface area (Å²) in [5.41, 5.74) is 6.03. The van der Waals surface area contributed by atoms with Gasteiger partial charge in [0.2, 0.25) is 10.0 Å². The molecule has 0 atom stereocenters. The van der Waals surface area contributed by atoms with Crippen LogP contribution in [0.15, 0.2) is 23.1 Å². The van der Waals surface area contributed by atoms with E-state index in [2.05, 4.69) is 0 Å². The summed E-state index contributed by atoms with van der Waals surface area (Å²) >= 11 is 0. The predicted molar refractivity (Wildman–Crippen MR) is 76.8 cm³/mol. The number of halogens is 1. The summed E-state index contributed by atoms with van der Waals surface area (Å²) in [5.74, 6) is -0.799. The molecule has 0 bridgehead atoms. The highest BCUT2D eigenvalue weighted by molar-refractivity contribution is 7.89. The summed E-state index contributed by atoms with van der Waals surface area (Å²) in [6, 6.07) is 3.83. The minimum atomic E-state index is -3.97. The van der Waals surface area contributed by atoms with Gasteiger partial charge in [-0.25, -0.2) is 12.8 Å². The summed E-state index contributed by atoms with van der Waals surface area (Å²) in [7, 11) is -1.03. The molecule has 2 N–H and O–H groups in total. The molecular weight excluding hydrogens is 299 g/mol. The van der Waals surface area contributed by atoms with E-state index in [1.807, 2.05) is 0 Å². The van der Waals surface area contributed by atoms with Crippen molar-refractivity contribution >= 4 is 10.0 Å². The van der Waals surface area contributed by atoms with Crippen molar-refractivity contribution in [1.82, 2.24) is 4.31 Å². The van der Waals surface area contributed by atoms with Gasteiger partial charge in [0.25, 0.3) is 0 Å². The second-order valence-electron chi connectivity index (χ2n) is 4.36. The van der Waals surface area contributed by atoms with E-state index in [1.54, 1.807) is 0 Å². The summed E-state index contributed by atoms with van der Waals surface area (Å²) in [4.78, 5) is -0.377. The zero-order valence-electron chi connectivity index (χ0n) is 12.2. The lowest BCUT2D eigenvalue weighted by Gasteiger charge is -2.22. The number of nitrogens with zero attached hydrogens (tertiary/aromatic N) is 1. The fourth-order valence-corrected chi connectivity index (χ4v) is 3.27. The second-order valence-corrected chi connectivity index (χ2v) is 6.26. The number of methoxy groups -OCH3 is 2. The van der Waals surface area contributed by atoms with Crippen molar-refractivity contribution in [2.75, 3.05) is 40.5 Å². The van der Waals surface area contributed by atoms with Crippen LogP contribution in [0.2, 0.25) is 0 Å². The highest BCUT2D eigenvalue weighted by Crippen LogP contribution is 2.20. The van der Waals surface area contributed by atoms with Crippen molar-refractivity contribution in [3.63, 3.8) is 0 Å². The topological polar surface area (TPSA) is 81.9 Å². The fraction of sp³-hybridized carbons (Fsp3) is 0.538. The van der Waals surface area contributed by atoms with E-state index >= 15 is 0 Å². The van der Waals surface area contributed by atoms with Gasteiger partial charge in [0, 0.05) is 33.9 Å². The minimum absolute atomic E-state index is 0.120. The zero-order valence-corrected chi connectivity index (χ0v) is 13.0. The largest absolute Gasteiger partial charge is 0.383 e. The third-order valence-electron chi connectivity index (χ3n) is 2.94. The van der Waals surface area contributed by atoms with Crippen LogP contribution in [-0.2, 0) is 26.0 Å². The smallest absolute Gasteiger partial charge is 0.246 e. The number of nitrogens with two attached hydrogens (primary N) is 1. The van der Waals surface area contributed by atoms with Gasteiger partial charge in [-0.1, -0.05) is 6.07 Å². The van der Waals surface area contributed by atoms with E-state index in [1.165, 1.54) is 26.4 Å². The summed E-state index contributed by atoms with van der Waals surface area (Å²) in [5, 5.41) is 0. The first-order valence-electron chi connectivity index (χ1n) is 6.44. The van der Waals surface area contributed by atoms with Gasteiger partial charge in [-0.3, -0.25) is 0 Å². The summed E-state index contributed by atoms with van der Waals surface area (Å²) in [6.07, 6.45) is 0. The maximum atomic E-state index is 13.9. The number of hydrogen-bond donors (Lipinski definition) is 1. The van der Waals surface area contributed by atoms with E-state index in [9.17, 15) is 12.8 Å². The third-order valence-corrected chi connectivity index (χ3v) is 4.85. The lowest BCUT2D eigenvalue weighted by molar-refractivity contribution is 0.150. The van der Waals surface area contributed by atoms with Gasteiger partial charge in [-0.15, -0.1) is 0 Å². The molecule has 0 radical (unpaired) electrons. The first kappa shape index (κ1) is 18.0. The van der Waals surface area contributed by atoms with Gasteiger partial charge in [0.05, 0.1) is 13.2 Å². The van der Waals surface area contributed by atoms with Gasteiger partial charge in [0.15, 0.2) is 0 Å².